The summed E-state index contributed by atoms with van der Waals surface area (Å²) >= 11 is 0. The van der Waals surface area contributed by atoms with Crippen LogP contribution in [0.25, 0.3) is 0 Å². The van der Waals surface area contributed by atoms with Crippen LogP contribution in [0.1, 0.15) is 5.56 Å². The number of aliphatic carboxylic acids is 1. The molecule has 2 aromatic rings. The van der Waals surface area contributed by atoms with Crippen molar-refractivity contribution in [2.24, 2.45) is 16.0 Å². The maximum absolute atomic E-state index is 12.0. The second-order valence-electron chi connectivity index (χ2n) is 8.07. The molecule has 0 spiro atoms. The van der Waals surface area contributed by atoms with Gasteiger partial charge in [-0.3, -0.25) is 14.2 Å². The Labute approximate surface area is 185 Å². The third-order valence-corrected chi connectivity index (χ3v) is 5.11. The molecule has 0 aliphatic carbocycles. The number of hydrogen-bond donors (Lipinski definition) is 4. The van der Waals surface area contributed by atoms with Crippen molar-refractivity contribution in [3.8, 4) is 11.5 Å². The summed E-state index contributed by atoms with van der Waals surface area (Å²) in [6.07, 6.45) is 0.0717. The van der Waals surface area contributed by atoms with Crippen LogP contribution in [0.3, 0.4) is 0 Å². The lowest BCUT2D eigenvalue weighted by Gasteiger charge is -2.24. The average Bonchev–Trinajstić information content (AvgIpc) is 2.67. The van der Waals surface area contributed by atoms with Gasteiger partial charge in [0, 0.05) is 0 Å². The Bertz CT molecular complexity index is 1010. The molecular weight excluding hydrogens is 439 g/mol. The second-order valence-corrected chi connectivity index (χ2v) is 9.45. The van der Waals surface area contributed by atoms with Gasteiger partial charge in [0.1, 0.15) is 36.4 Å². The molecule has 2 unspecified atom stereocenters. The van der Waals surface area contributed by atoms with E-state index < -0.39 is 19.8 Å². The first-order valence-corrected chi connectivity index (χ1v) is 11.1. The summed E-state index contributed by atoms with van der Waals surface area (Å²) in [7, 11) is 1.54. The molecule has 0 aliphatic heterocycles. The molecular formula is C20H28N4O7P+. The molecule has 0 aliphatic rings. The molecule has 0 saturated carbocycles. The molecule has 12 heteroatoms. The van der Waals surface area contributed by atoms with Gasteiger partial charge < -0.3 is 25.0 Å². The van der Waals surface area contributed by atoms with Crippen molar-refractivity contribution in [2.75, 3.05) is 34.3 Å². The minimum atomic E-state index is -4.26. The van der Waals surface area contributed by atoms with Gasteiger partial charge in [0.25, 0.3) is 0 Å². The van der Waals surface area contributed by atoms with E-state index in [2.05, 4.69) is 10.2 Å². The first-order chi connectivity index (χ1) is 14.8. The van der Waals surface area contributed by atoms with Gasteiger partial charge in [-0.1, -0.05) is 6.07 Å². The maximum atomic E-state index is 12.0. The van der Waals surface area contributed by atoms with E-state index in [1.54, 1.807) is 6.07 Å². The van der Waals surface area contributed by atoms with E-state index in [1.807, 2.05) is 21.1 Å². The van der Waals surface area contributed by atoms with Gasteiger partial charge in [0.05, 0.1) is 26.8 Å². The van der Waals surface area contributed by atoms with E-state index in [4.69, 9.17) is 19.9 Å². The van der Waals surface area contributed by atoms with Crippen LogP contribution >= 0.6 is 7.82 Å². The molecule has 2 rings (SSSR count). The number of carbonyl (C=O) groups is 1. The Hall–Kier alpha value is -2.82. The summed E-state index contributed by atoms with van der Waals surface area (Å²) in [5.74, 6) is -1.14. The highest BCUT2D eigenvalue weighted by Crippen LogP contribution is 2.44. The van der Waals surface area contributed by atoms with E-state index in [9.17, 15) is 19.4 Å². The highest BCUT2D eigenvalue weighted by Gasteiger charge is 2.24. The predicted octanol–water partition coefficient (Wildman–Crippen LogP) is 2.96. The molecule has 0 fully saturated rings. The summed E-state index contributed by atoms with van der Waals surface area (Å²) in [6, 6.07) is 9.24. The SMILES string of the molecule is C[N+](C)(C)CCOP(=O)(O)Oc1ccc(/N=N/c2cc(CC(N)C(=O)O)ccc2O)cc1. The van der Waals surface area contributed by atoms with E-state index in [-0.39, 0.29) is 30.2 Å². The van der Waals surface area contributed by atoms with Crippen LogP contribution in [0.15, 0.2) is 52.7 Å². The summed E-state index contributed by atoms with van der Waals surface area (Å²) in [5.41, 5.74) is 6.65. The van der Waals surface area contributed by atoms with Crippen LogP contribution in [0.2, 0.25) is 0 Å². The van der Waals surface area contributed by atoms with Crippen molar-refractivity contribution in [1.82, 2.24) is 0 Å². The fourth-order valence-electron chi connectivity index (χ4n) is 2.39. The zero-order valence-electron chi connectivity index (χ0n) is 18.1. The van der Waals surface area contributed by atoms with Gasteiger partial charge in [-0.25, -0.2) is 4.57 Å². The lowest BCUT2D eigenvalue weighted by Crippen LogP contribution is -2.37. The van der Waals surface area contributed by atoms with E-state index in [0.717, 1.165) is 0 Å². The van der Waals surface area contributed by atoms with Gasteiger partial charge in [-0.15, -0.1) is 5.11 Å². The lowest BCUT2D eigenvalue weighted by atomic mass is 10.1. The molecule has 2 aromatic carbocycles. The van der Waals surface area contributed by atoms with E-state index in [1.165, 1.54) is 36.4 Å². The largest absolute Gasteiger partial charge is 0.527 e. The number of benzene rings is 2. The molecule has 174 valence electrons. The summed E-state index contributed by atoms with van der Waals surface area (Å²) in [5, 5.41) is 26.8. The number of hydrogen-bond acceptors (Lipinski definition) is 8. The summed E-state index contributed by atoms with van der Waals surface area (Å²) in [6.45, 7) is 0.590. The number of quaternary nitrogens is 1. The van der Waals surface area contributed by atoms with Gasteiger partial charge in [0.2, 0.25) is 0 Å². The fourth-order valence-corrected chi connectivity index (χ4v) is 3.15. The molecule has 11 nitrogen and oxygen atoms in total. The Morgan fingerprint density at radius 3 is 2.41 bits per heavy atom. The van der Waals surface area contributed by atoms with Crippen molar-refractivity contribution in [2.45, 2.75) is 12.5 Å². The van der Waals surface area contributed by atoms with Crippen LogP contribution in [-0.4, -0.2) is 65.9 Å². The number of carboxylic acid groups (broad SMARTS) is 1. The Morgan fingerprint density at radius 1 is 1.16 bits per heavy atom. The van der Waals surface area contributed by atoms with Crippen LogP contribution in [-0.2, 0) is 20.3 Å². The number of nitrogens with two attached hydrogens (primary N) is 1. The zero-order valence-corrected chi connectivity index (χ0v) is 19.0. The average molecular weight is 467 g/mol. The monoisotopic (exact) mass is 467 g/mol. The fraction of sp³-hybridized carbons (Fsp3) is 0.350. The van der Waals surface area contributed by atoms with E-state index >= 15 is 0 Å². The topological polar surface area (TPSA) is 164 Å². The third-order valence-electron chi connectivity index (χ3n) is 4.16. The summed E-state index contributed by atoms with van der Waals surface area (Å²) in [4.78, 5) is 20.7. The number of likely N-dealkylation sites (N-methyl/N-ethyl adjacent to an activating group) is 1. The first kappa shape index (κ1) is 25.4. The quantitative estimate of drug-likeness (QED) is 0.222. The number of carboxylic acids is 1. The number of phosphoric acid groups is 1. The minimum absolute atomic E-state index is 0.0590. The van der Waals surface area contributed by atoms with Gasteiger partial charge in [0.15, 0.2) is 0 Å². The molecule has 5 N–H and O–H groups in total. The standard InChI is InChI=1S/C20H27N4O7P/c1-24(2,3)10-11-30-32(28,29)31-16-7-5-15(6-8-16)22-23-18-13-14(4-9-19(18)25)12-17(21)20(26)27/h4-9,13,17H,10-12,21H2,1-3H3,(H2-,22,25,26,27,28,29)/p+1. The number of phosphoric ester groups is 1. The number of phenolic OH excluding ortho intramolecular Hbond substituents is 1. The van der Waals surface area contributed by atoms with Gasteiger partial charge in [-0.05, 0) is 48.4 Å². The highest BCUT2D eigenvalue weighted by molar-refractivity contribution is 7.47. The molecule has 0 aromatic heterocycles. The molecule has 32 heavy (non-hydrogen) atoms. The second kappa shape index (κ2) is 10.7. The number of rotatable bonds is 11. The number of phenols is 1. The first-order valence-electron chi connectivity index (χ1n) is 9.64. The Balaban J connectivity index is 2.01. The van der Waals surface area contributed by atoms with Crippen molar-refractivity contribution in [3.05, 3.63) is 48.0 Å². The van der Waals surface area contributed by atoms with Gasteiger partial charge in [-0.2, -0.15) is 5.11 Å². The number of aromatic hydroxyl groups is 1. The smallest absolute Gasteiger partial charge is 0.506 e. The Morgan fingerprint density at radius 2 is 1.81 bits per heavy atom. The summed E-state index contributed by atoms with van der Waals surface area (Å²) < 4.78 is 22.6. The highest BCUT2D eigenvalue weighted by atomic mass is 31.2. The van der Waals surface area contributed by atoms with Crippen LogP contribution in [0.5, 0.6) is 11.5 Å². The molecule has 0 bridgehead atoms. The van der Waals surface area contributed by atoms with Crippen LogP contribution < -0.4 is 10.3 Å². The number of nitrogens with zero attached hydrogens (tertiary/aromatic N) is 3. The van der Waals surface area contributed by atoms with Crippen LogP contribution in [0.4, 0.5) is 11.4 Å². The number of azo groups is 1. The minimum Gasteiger partial charge on any atom is -0.506 e. The predicted molar refractivity (Wildman–Crippen MR) is 117 cm³/mol. The van der Waals surface area contributed by atoms with Crippen molar-refractivity contribution >= 4 is 25.2 Å². The van der Waals surface area contributed by atoms with Crippen molar-refractivity contribution in [3.63, 3.8) is 0 Å². The molecule has 0 saturated heterocycles. The Kier molecular flexibility index (Phi) is 8.48. The van der Waals surface area contributed by atoms with Gasteiger partial charge >= 0.3 is 13.8 Å². The third kappa shape index (κ3) is 8.74. The zero-order chi connectivity index (χ0) is 23.9. The normalized spacial score (nSPS) is 14.8. The molecule has 0 radical (unpaired) electrons. The molecule has 0 amide bonds. The van der Waals surface area contributed by atoms with Crippen molar-refractivity contribution < 1.29 is 38.0 Å². The maximum Gasteiger partial charge on any atom is 0.527 e. The molecule has 0 heterocycles. The lowest BCUT2D eigenvalue weighted by molar-refractivity contribution is -0.870. The van der Waals surface area contributed by atoms with E-state index in [0.29, 0.717) is 22.3 Å². The molecule has 2 atom stereocenters. The van der Waals surface area contributed by atoms with Crippen molar-refractivity contribution in [1.29, 1.82) is 0 Å². The van der Waals surface area contributed by atoms with Crippen LogP contribution in [0, 0.1) is 0 Å².